The smallest absolute Gasteiger partial charge is 0.248 e. The first kappa shape index (κ1) is 13.0. The molecular weight excluding hydrogens is 280 g/mol. The number of nitrogens with zero attached hydrogens (tertiary/aromatic N) is 4. The number of aromatic nitrogens is 3. The maximum atomic E-state index is 11.6. The van der Waals surface area contributed by atoms with E-state index in [1.165, 1.54) is 6.20 Å². The lowest BCUT2D eigenvalue weighted by atomic mass is 10.2. The van der Waals surface area contributed by atoms with Crippen LogP contribution in [0.15, 0.2) is 17.4 Å². The highest BCUT2D eigenvalue weighted by atomic mass is 32.2. The van der Waals surface area contributed by atoms with Crippen LogP contribution in [-0.2, 0) is 14.6 Å². The molecule has 2 aromatic heterocycles. The Bertz CT molecular complexity index is 813. The Kier molecular flexibility index (Phi) is 2.96. The Morgan fingerprint density at radius 1 is 1.55 bits per heavy atom. The summed E-state index contributed by atoms with van der Waals surface area (Å²) in [6.45, 7) is 1.12. The van der Waals surface area contributed by atoms with E-state index in [-0.39, 0.29) is 11.2 Å². The molecule has 3 heterocycles. The van der Waals surface area contributed by atoms with Gasteiger partial charge in [-0.25, -0.2) is 13.4 Å². The molecule has 3 rings (SSSR count). The first-order valence-electron chi connectivity index (χ1n) is 6.06. The van der Waals surface area contributed by atoms with Crippen LogP contribution in [0.4, 0.5) is 0 Å². The molecule has 1 fully saturated rings. The minimum absolute atomic E-state index is 0.00413. The molecule has 0 aliphatic carbocycles. The normalized spacial score (nSPS) is 19.3. The standard InChI is InChI=1S/C12H12N4O3S/c1-20(17,18)12-14-6-8-4-10(5-13)16(11(8)15-12)9-2-3-19-7-9/h4,6,9H,2-3,7H2,1H3/t9-/m1/s1. The van der Waals surface area contributed by atoms with Crippen molar-refractivity contribution in [2.24, 2.45) is 0 Å². The zero-order valence-corrected chi connectivity index (χ0v) is 11.6. The lowest BCUT2D eigenvalue weighted by Gasteiger charge is -2.12. The molecule has 0 aromatic carbocycles. The second-order valence-corrected chi connectivity index (χ2v) is 6.64. The third kappa shape index (κ3) is 2.05. The van der Waals surface area contributed by atoms with Crippen LogP contribution in [0.5, 0.6) is 0 Å². The van der Waals surface area contributed by atoms with E-state index in [0.29, 0.717) is 29.9 Å². The number of hydrogen-bond acceptors (Lipinski definition) is 6. The molecule has 0 spiro atoms. The average molecular weight is 292 g/mol. The van der Waals surface area contributed by atoms with Gasteiger partial charge in [-0.3, -0.25) is 0 Å². The van der Waals surface area contributed by atoms with Crippen molar-refractivity contribution in [2.45, 2.75) is 17.6 Å². The van der Waals surface area contributed by atoms with Gasteiger partial charge in [-0.1, -0.05) is 0 Å². The minimum Gasteiger partial charge on any atom is -0.379 e. The molecule has 0 radical (unpaired) electrons. The number of rotatable bonds is 2. The summed E-state index contributed by atoms with van der Waals surface area (Å²) >= 11 is 0. The lowest BCUT2D eigenvalue weighted by Crippen LogP contribution is -2.12. The predicted molar refractivity (Wildman–Crippen MR) is 69.8 cm³/mol. The van der Waals surface area contributed by atoms with E-state index in [4.69, 9.17) is 4.74 Å². The maximum Gasteiger partial charge on any atom is 0.248 e. The molecule has 0 saturated carbocycles. The van der Waals surface area contributed by atoms with E-state index >= 15 is 0 Å². The summed E-state index contributed by atoms with van der Waals surface area (Å²) in [4.78, 5) is 7.96. The molecule has 7 nitrogen and oxygen atoms in total. The fourth-order valence-electron chi connectivity index (χ4n) is 2.35. The van der Waals surface area contributed by atoms with Crippen molar-refractivity contribution in [1.29, 1.82) is 5.26 Å². The molecule has 104 valence electrons. The van der Waals surface area contributed by atoms with E-state index in [2.05, 4.69) is 16.0 Å². The number of ether oxygens (including phenoxy) is 1. The summed E-state index contributed by atoms with van der Waals surface area (Å²) < 4.78 is 30.2. The second-order valence-electron chi connectivity index (χ2n) is 4.73. The molecular formula is C12H12N4O3S. The van der Waals surface area contributed by atoms with Crippen LogP contribution < -0.4 is 0 Å². The average Bonchev–Trinajstić information content (AvgIpc) is 3.02. The molecule has 8 heteroatoms. The first-order valence-corrected chi connectivity index (χ1v) is 7.96. The van der Waals surface area contributed by atoms with Crippen LogP contribution >= 0.6 is 0 Å². The Labute approximate surface area is 115 Å². The molecule has 0 amide bonds. The monoisotopic (exact) mass is 292 g/mol. The van der Waals surface area contributed by atoms with Crippen LogP contribution in [0.1, 0.15) is 18.2 Å². The van der Waals surface area contributed by atoms with Crippen LogP contribution in [0.2, 0.25) is 0 Å². The van der Waals surface area contributed by atoms with Crippen LogP contribution in [-0.4, -0.2) is 42.4 Å². The van der Waals surface area contributed by atoms with Crippen molar-refractivity contribution in [2.75, 3.05) is 19.5 Å². The number of sulfone groups is 1. The molecule has 0 unspecified atom stereocenters. The van der Waals surface area contributed by atoms with Crippen LogP contribution in [0.3, 0.4) is 0 Å². The Balaban J connectivity index is 2.27. The number of nitriles is 1. The van der Waals surface area contributed by atoms with Crippen LogP contribution in [0, 0.1) is 11.3 Å². The highest BCUT2D eigenvalue weighted by molar-refractivity contribution is 7.90. The molecule has 20 heavy (non-hydrogen) atoms. The summed E-state index contributed by atoms with van der Waals surface area (Å²) in [6.07, 6.45) is 3.27. The minimum atomic E-state index is -3.48. The lowest BCUT2D eigenvalue weighted by molar-refractivity contribution is 0.187. The Morgan fingerprint density at radius 3 is 2.95 bits per heavy atom. The molecule has 2 aromatic rings. The van der Waals surface area contributed by atoms with Gasteiger partial charge >= 0.3 is 0 Å². The van der Waals surface area contributed by atoms with Gasteiger partial charge in [0.2, 0.25) is 15.0 Å². The van der Waals surface area contributed by atoms with Crippen molar-refractivity contribution in [3.05, 3.63) is 18.0 Å². The van der Waals surface area contributed by atoms with Gasteiger partial charge < -0.3 is 9.30 Å². The molecule has 0 bridgehead atoms. The van der Waals surface area contributed by atoms with E-state index in [0.717, 1.165) is 12.7 Å². The highest BCUT2D eigenvalue weighted by Crippen LogP contribution is 2.27. The van der Waals surface area contributed by atoms with E-state index < -0.39 is 9.84 Å². The number of fused-ring (bicyclic) bond motifs is 1. The van der Waals surface area contributed by atoms with Gasteiger partial charge in [-0.15, -0.1) is 0 Å². The number of hydrogen-bond donors (Lipinski definition) is 0. The Morgan fingerprint density at radius 2 is 2.35 bits per heavy atom. The fraction of sp³-hybridized carbons (Fsp3) is 0.417. The molecule has 1 aliphatic rings. The first-order chi connectivity index (χ1) is 9.50. The quantitative estimate of drug-likeness (QED) is 0.754. The summed E-state index contributed by atoms with van der Waals surface area (Å²) in [7, 11) is -3.48. The molecule has 1 aliphatic heterocycles. The zero-order valence-electron chi connectivity index (χ0n) is 10.8. The van der Waals surface area contributed by atoms with Gasteiger partial charge in [0.1, 0.15) is 17.4 Å². The molecule has 1 atom stereocenters. The fourth-order valence-corrected chi connectivity index (χ4v) is 2.85. The Hall–Kier alpha value is -1.98. The van der Waals surface area contributed by atoms with E-state index in [1.54, 1.807) is 10.6 Å². The molecule has 0 N–H and O–H groups in total. The van der Waals surface area contributed by atoms with Crippen molar-refractivity contribution in [3.8, 4) is 6.07 Å². The van der Waals surface area contributed by atoms with Crippen molar-refractivity contribution in [3.63, 3.8) is 0 Å². The van der Waals surface area contributed by atoms with Gasteiger partial charge in [0.05, 0.1) is 12.6 Å². The molecule has 1 saturated heterocycles. The topological polar surface area (TPSA) is 97.9 Å². The third-order valence-electron chi connectivity index (χ3n) is 3.27. The van der Waals surface area contributed by atoms with Crippen molar-refractivity contribution in [1.82, 2.24) is 14.5 Å². The summed E-state index contributed by atoms with van der Waals surface area (Å²) in [6, 6.07) is 3.78. The second kappa shape index (κ2) is 4.54. The van der Waals surface area contributed by atoms with Gasteiger partial charge in [0, 0.05) is 24.4 Å². The third-order valence-corrected chi connectivity index (χ3v) is 4.13. The highest BCUT2D eigenvalue weighted by Gasteiger charge is 2.24. The SMILES string of the molecule is CS(=O)(=O)c1ncc2cc(C#N)n([C@@H]3CCOC3)c2n1. The van der Waals surface area contributed by atoms with E-state index in [1.807, 2.05) is 0 Å². The summed E-state index contributed by atoms with van der Waals surface area (Å²) in [5.41, 5.74) is 0.905. The van der Waals surface area contributed by atoms with Gasteiger partial charge in [-0.05, 0) is 12.5 Å². The predicted octanol–water partition coefficient (Wildman–Crippen LogP) is 0.668. The van der Waals surface area contributed by atoms with Gasteiger partial charge in [0.25, 0.3) is 0 Å². The largest absolute Gasteiger partial charge is 0.379 e. The maximum absolute atomic E-state index is 11.6. The van der Waals surface area contributed by atoms with E-state index in [9.17, 15) is 13.7 Å². The zero-order chi connectivity index (χ0) is 14.3. The summed E-state index contributed by atoms with van der Waals surface area (Å²) in [5, 5.41) is 9.66. The summed E-state index contributed by atoms with van der Waals surface area (Å²) in [5.74, 6) is 0. The van der Waals surface area contributed by atoms with Crippen molar-refractivity contribution < 1.29 is 13.2 Å². The van der Waals surface area contributed by atoms with Crippen LogP contribution in [0.25, 0.3) is 11.0 Å². The van der Waals surface area contributed by atoms with Gasteiger partial charge in [-0.2, -0.15) is 10.2 Å². The van der Waals surface area contributed by atoms with Crippen molar-refractivity contribution >= 4 is 20.9 Å². The van der Waals surface area contributed by atoms with Gasteiger partial charge in [0.15, 0.2) is 0 Å².